The number of ether oxygens (including phenoxy) is 2. The zero-order valence-electron chi connectivity index (χ0n) is 65.9. The van der Waals surface area contributed by atoms with Crippen LogP contribution < -0.4 is 0 Å². The fourth-order valence-corrected chi connectivity index (χ4v) is 12.6. The number of esters is 2. The SMILES string of the molecule is CC/C=C\C/C=C\C/C=C\C/C=C\C/C=C\C/C=C\C/C=C\C/C=C\C/C=C\C/C=C\C/C=C\CCCCCCCCCC(=O)OC(COC(=O)CCCCCCCCCCCCCCCCCCCCCCCCCCCCCCCCCCCCC)COP(=O)(O)OCC[N+](C)(C)C. The zero-order chi connectivity index (χ0) is 72.5. The van der Waals surface area contributed by atoms with Crippen molar-refractivity contribution in [3.05, 3.63) is 134 Å². The quantitative estimate of drug-likeness (QED) is 0.0211. The topological polar surface area (TPSA) is 108 Å². The maximum atomic E-state index is 12.9. The molecule has 100 heavy (non-hydrogen) atoms. The van der Waals surface area contributed by atoms with Crippen LogP contribution in [0.5, 0.6) is 0 Å². The van der Waals surface area contributed by atoms with E-state index in [0.29, 0.717) is 17.4 Å². The predicted molar refractivity (Wildman–Crippen MR) is 436 cm³/mol. The summed E-state index contributed by atoms with van der Waals surface area (Å²) >= 11 is 0. The number of nitrogens with zero attached hydrogens (tertiary/aromatic N) is 1. The third kappa shape index (κ3) is 83.1. The lowest BCUT2D eigenvalue weighted by atomic mass is 10.0. The highest BCUT2D eigenvalue weighted by atomic mass is 31.2. The molecule has 0 saturated carbocycles. The first kappa shape index (κ1) is 96.2. The summed E-state index contributed by atoms with van der Waals surface area (Å²) in [6.45, 7) is 4.35. The normalized spacial score (nSPS) is 13.7. The number of quaternary nitrogens is 1. The lowest BCUT2D eigenvalue weighted by Crippen LogP contribution is -2.37. The molecule has 0 aromatic rings. The second-order valence-electron chi connectivity index (χ2n) is 29.1. The highest BCUT2D eigenvalue weighted by Crippen LogP contribution is 2.43. The fraction of sp³-hybridized carbons (Fsp3) is 0.733. The van der Waals surface area contributed by atoms with Crippen molar-refractivity contribution in [2.75, 3.05) is 47.5 Å². The van der Waals surface area contributed by atoms with Crippen LogP contribution in [0.2, 0.25) is 0 Å². The Kier molecular flexibility index (Phi) is 76.2. The molecule has 2 unspecified atom stereocenters. The Hall–Kier alpha value is -3.85. The number of hydrogen-bond acceptors (Lipinski definition) is 7. The number of unbranched alkanes of at least 4 members (excludes halogenated alkanes) is 41. The molecular weight excluding hydrogens is 1250 g/mol. The summed E-state index contributed by atoms with van der Waals surface area (Å²) in [4.78, 5) is 36.0. The first-order valence-corrected chi connectivity index (χ1v) is 43.4. The largest absolute Gasteiger partial charge is 0.472 e. The number of likely N-dealkylation sites (N-methyl/N-ethyl adjacent to an activating group) is 1. The summed E-state index contributed by atoms with van der Waals surface area (Å²) in [5.41, 5.74) is 0. The molecule has 0 saturated heterocycles. The van der Waals surface area contributed by atoms with Crippen LogP contribution in [0.4, 0.5) is 0 Å². The van der Waals surface area contributed by atoms with E-state index in [1.807, 2.05) is 21.1 Å². The van der Waals surface area contributed by atoms with Gasteiger partial charge in [0, 0.05) is 12.8 Å². The summed E-state index contributed by atoms with van der Waals surface area (Å²) < 4.78 is 34.8. The molecule has 2 atom stereocenters. The maximum Gasteiger partial charge on any atom is 0.472 e. The Bertz CT molecular complexity index is 2160. The standard InChI is InChI=1S/C90H158NO8P/c1-6-8-10-12-14-16-18-20-22-24-26-28-30-32-34-36-38-40-42-43-44-45-46-47-49-51-53-55-57-59-61-63-65-67-69-71-73-75-77-79-81-83-90(93)99-88(87-98-100(94,95)97-85-84-91(3,4)5)86-96-89(92)82-80-78-76-74-72-70-68-66-64-62-60-58-56-54-52-50-48-41-39-37-35-33-31-29-27-25-23-21-19-17-15-13-11-9-7-2/h8,10,14,16,20,22,26,28,32,34,38,40,43-44,46-47,51,53,57,59,63,65,88H,6-7,9,11-13,15,17-19,21,23-25,27,29-31,33,35-37,39,41-42,45,48-50,52,54-56,58,60-62,64,66-87H2,1-5H3/p+1/b10-8-,16-14-,22-20-,28-26-,34-32-,40-38-,44-43-,47-46-,53-51-,59-57-,65-63-. The van der Waals surface area contributed by atoms with Gasteiger partial charge < -0.3 is 18.9 Å². The molecule has 0 fully saturated rings. The van der Waals surface area contributed by atoms with E-state index in [-0.39, 0.29) is 32.0 Å². The van der Waals surface area contributed by atoms with Gasteiger partial charge in [-0.25, -0.2) is 4.57 Å². The van der Waals surface area contributed by atoms with Crippen molar-refractivity contribution in [1.82, 2.24) is 0 Å². The Morgan fingerprint density at radius 3 is 0.850 bits per heavy atom. The molecule has 0 bridgehead atoms. The van der Waals surface area contributed by atoms with E-state index >= 15 is 0 Å². The first-order valence-electron chi connectivity index (χ1n) is 41.9. The molecule has 0 spiro atoms. The van der Waals surface area contributed by atoms with Crippen LogP contribution in [0.3, 0.4) is 0 Å². The Labute approximate surface area is 619 Å². The molecule has 0 rings (SSSR count). The minimum absolute atomic E-state index is 0.0251. The Morgan fingerprint density at radius 2 is 0.570 bits per heavy atom. The van der Waals surface area contributed by atoms with Crippen molar-refractivity contribution in [1.29, 1.82) is 0 Å². The zero-order valence-corrected chi connectivity index (χ0v) is 66.8. The number of rotatable bonds is 77. The first-order chi connectivity index (χ1) is 49.0. The monoisotopic (exact) mass is 1410 g/mol. The van der Waals surface area contributed by atoms with Crippen molar-refractivity contribution in [3.63, 3.8) is 0 Å². The predicted octanol–water partition coefficient (Wildman–Crippen LogP) is 28.3. The van der Waals surface area contributed by atoms with Crippen LogP contribution in [0.15, 0.2) is 134 Å². The van der Waals surface area contributed by atoms with Crippen LogP contribution in [0.1, 0.15) is 373 Å². The molecule has 0 aromatic heterocycles. The van der Waals surface area contributed by atoms with Crippen LogP contribution in [0, 0.1) is 0 Å². The second-order valence-corrected chi connectivity index (χ2v) is 30.6. The number of carbonyl (C=O) groups is 2. The molecule has 9 nitrogen and oxygen atoms in total. The highest BCUT2D eigenvalue weighted by Gasteiger charge is 2.27. The van der Waals surface area contributed by atoms with Crippen molar-refractivity contribution in [3.8, 4) is 0 Å². The van der Waals surface area contributed by atoms with Gasteiger partial charge in [0.1, 0.15) is 19.8 Å². The molecule has 0 heterocycles. The molecule has 0 aromatic carbocycles. The van der Waals surface area contributed by atoms with Crippen molar-refractivity contribution < 1.29 is 42.1 Å². The number of hydrogen-bond donors (Lipinski definition) is 1. The maximum absolute atomic E-state index is 12.9. The third-order valence-electron chi connectivity index (χ3n) is 18.2. The summed E-state index contributed by atoms with van der Waals surface area (Å²) in [6, 6.07) is 0. The summed E-state index contributed by atoms with van der Waals surface area (Å²) in [6.07, 6.45) is 116. The highest BCUT2D eigenvalue weighted by molar-refractivity contribution is 7.47. The van der Waals surface area contributed by atoms with Crippen LogP contribution in [-0.4, -0.2) is 74.9 Å². The van der Waals surface area contributed by atoms with E-state index in [9.17, 15) is 19.0 Å². The van der Waals surface area contributed by atoms with E-state index in [4.69, 9.17) is 18.5 Å². The van der Waals surface area contributed by atoms with Gasteiger partial charge in [0.05, 0.1) is 27.7 Å². The van der Waals surface area contributed by atoms with E-state index in [2.05, 4.69) is 148 Å². The molecule has 0 aliphatic carbocycles. The van der Waals surface area contributed by atoms with Gasteiger partial charge in [0.2, 0.25) is 0 Å². The van der Waals surface area contributed by atoms with E-state index < -0.39 is 26.5 Å². The van der Waals surface area contributed by atoms with Gasteiger partial charge in [0.15, 0.2) is 6.10 Å². The molecule has 576 valence electrons. The van der Waals surface area contributed by atoms with Gasteiger partial charge in [-0.15, -0.1) is 0 Å². The summed E-state index contributed by atoms with van der Waals surface area (Å²) in [5.74, 6) is -0.802. The lowest BCUT2D eigenvalue weighted by Gasteiger charge is -2.24. The molecule has 0 amide bonds. The van der Waals surface area contributed by atoms with Gasteiger partial charge in [-0.3, -0.25) is 18.6 Å². The van der Waals surface area contributed by atoms with Gasteiger partial charge in [-0.2, -0.15) is 0 Å². The van der Waals surface area contributed by atoms with E-state index in [1.54, 1.807) is 0 Å². The minimum atomic E-state index is -4.41. The number of carbonyl (C=O) groups excluding carboxylic acids is 2. The van der Waals surface area contributed by atoms with Gasteiger partial charge in [-0.05, 0) is 96.3 Å². The molecule has 1 N–H and O–H groups in total. The average Bonchev–Trinajstić information content (AvgIpc) is 1.30. The van der Waals surface area contributed by atoms with E-state index in [1.165, 1.54) is 225 Å². The second kappa shape index (κ2) is 79.3. The number of allylic oxidation sites excluding steroid dienone is 22. The average molecular weight is 1410 g/mol. The lowest BCUT2D eigenvalue weighted by molar-refractivity contribution is -0.870. The molecule has 0 radical (unpaired) electrons. The third-order valence-corrected chi connectivity index (χ3v) is 19.2. The Morgan fingerprint density at radius 1 is 0.320 bits per heavy atom. The molecule has 0 aliphatic rings. The van der Waals surface area contributed by atoms with Crippen LogP contribution in [-0.2, 0) is 32.7 Å². The van der Waals surface area contributed by atoms with Crippen LogP contribution >= 0.6 is 7.82 Å². The van der Waals surface area contributed by atoms with Gasteiger partial charge >= 0.3 is 19.8 Å². The van der Waals surface area contributed by atoms with Crippen molar-refractivity contribution in [2.24, 2.45) is 0 Å². The van der Waals surface area contributed by atoms with E-state index in [0.717, 1.165) is 116 Å². The molecule has 10 heteroatoms. The van der Waals surface area contributed by atoms with Crippen molar-refractivity contribution in [2.45, 2.75) is 380 Å². The van der Waals surface area contributed by atoms with Gasteiger partial charge in [-0.1, -0.05) is 398 Å². The summed E-state index contributed by atoms with van der Waals surface area (Å²) in [7, 11) is 1.47. The smallest absolute Gasteiger partial charge is 0.462 e. The minimum Gasteiger partial charge on any atom is -0.462 e. The number of phosphoric ester groups is 1. The number of phosphoric acid groups is 1. The Balaban J connectivity index is 4.01. The van der Waals surface area contributed by atoms with Gasteiger partial charge in [0.25, 0.3) is 0 Å². The molecule has 0 aliphatic heterocycles. The van der Waals surface area contributed by atoms with Crippen molar-refractivity contribution >= 4 is 19.8 Å². The van der Waals surface area contributed by atoms with Crippen LogP contribution in [0.25, 0.3) is 0 Å². The molecular formula is C90H159NO8P+. The fourth-order valence-electron chi connectivity index (χ4n) is 11.8. The summed E-state index contributed by atoms with van der Waals surface area (Å²) in [5, 5.41) is 0.